The molecule has 3 aromatic rings. The predicted octanol–water partition coefficient (Wildman–Crippen LogP) is 3.53. The van der Waals surface area contributed by atoms with Gasteiger partial charge in [-0.2, -0.15) is 0 Å². The number of hydrogen-bond acceptors (Lipinski definition) is 6. The van der Waals surface area contributed by atoms with Crippen LogP contribution in [0.4, 0.5) is 4.79 Å². The van der Waals surface area contributed by atoms with E-state index in [1.54, 1.807) is 26.2 Å². The number of esters is 1. The van der Waals surface area contributed by atoms with Crippen LogP contribution in [0.3, 0.4) is 0 Å². The van der Waals surface area contributed by atoms with Gasteiger partial charge in [-0.25, -0.2) is 14.6 Å². The average Bonchev–Trinajstić information content (AvgIpc) is 3.20. The molecule has 2 heterocycles. The highest BCUT2D eigenvalue weighted by atomic mass is 32.2. The SMILES string of the molecule is CCOC(=O)C1=C(CSc2nc3ccccc3[nH]2)NC(=O)NC1c1ccc(OC)cc1. The van der Waals surface area contributed by atoms with E-state index in [0.29, 0.717) is 27.9 Å². The van der Waals surface area contributed by atoms with Crippen LogP contribution in [0.25, 0.3) is 11.0 Å². The van der Waals surface area contributed by atoms with Crippen LogP contribution in [0.15, 0.2) is 65.0 Å². The van der Waals surface area contributed by atoms with E-state index in [0.717, 1.165) is 16.6 Å². The van der Waals surface area contributed by atoms with E-state index in [1.165, 1.54) is 11.8 Å². The summed E-state index contributed by atoms with van der Waals surface area (Å²) in [5.41, 5.74) is 3.40. The molecule has 160 valence electrons. The summed E-state index contributed by atoms with van der Waals surface area (Å²) in [6, 6.07) is 13.9. The Morgan fingerprint density at radius 3 is 2.65 bits per heavy atom. The number of methoxy groups -OCH3 is 1. The molecular weight excluding hydrogens is 416 g/mol. The van der Waals surface area contributed by atoms with Crippen LogP contribution < -0.4 is 15.4 Å². The van der Waals surface area contributed by atoms with Crippen molar-refractivity contribution in [3.63, 3.8) is 0 Å². The number of para-hydroxylation sites is 2. The van der Waals surface area contributed by atoms with Crippen LogP contribution >= 0.6 is 11.8 Å². The number of H-pyrrole nitrogens is 1. The van der Waals surface area contributed by atoms with Crippen LogP contribution in [0.2, 0.25) is 0 Å². The minimum Gasteiger partial charge on any atom is -0.497 e. The number of urea groups is 1. The van der Waals surface area contributed by atoms with Crippen LogP contribution in [0, 0.1) is 0 Å². The third-order valence-electron chi connectivity index (χ3n) is 4.82. The number of ether oxygens (including phenoxy) is 2. The van der Waals surface area contributed by atoms with E-state index < -0.39 is 12.0 Å². The quantitative estimate of drug-likeness (QED) is 0.385. The molecule has 2 aromatic carbocycles. The van der Waals surface area contributed by atoms with E-state index in [-0.39, 0.29) is 12.6 Å². The number of imidazole rings is 1. The monoisotopic (exact) mass is 438 g/mol. The zero-order valence-electron chi connectivity index (χ0n) is 17.1. The van der Waals surface area contributed by atoms with Gasteiger partial charge in [0.2, 0.25) is 0 Å². The highest BCUT2D eigenvalue weighted by molar-refractivity contribution is 7.99. The first kappa shape index (κ1) is 20.8. The number of benzene rings is 2. The fraction of sp³-hybridized carbons (Fsp3) is 0.227. The summed E-state index contributed by atoms with van der Waals surface area (Å²) in [6.07, 6.45) is 0. The number of carbonyl (C=O) groups excluding carboxylic acids is 2. The number of carbonyl (C=O) groups is 2. The molecule has 0 saturated heterocycles. The molecule has 0 fully saturated rings. The molecule has 1 unspecified atom stereocenters. The van der Waals surface area contributed by atoms with E-state index >= 15 is 0 Å². The van der Waals surface area contributed by atoms with Gasteiger partial charge >= 0.3 is 12.0 Å². The van der Waals surface area contributed by atoms with Crippen molar-refractivity contribution < 1.29 is 19.1 Å². The molecule has 2 amide bonds. The average molecular weight is 439 g/mol. The number of amides is 2. The largest absolute Gasteiger partial charge is 0.497 e. The molecule has 0 spiro atoms. The van der Waals surface area contributed by atoms with E-state index in [2.05, 4.69) is 20.6 Å². The molecule has 3 N–H and O–H groups in total. The number of nitrogens with zero attached hydrogens (tertiary/aromatic N) is 1. The summed E-state index contributed by atoms with van der Waals surface area (Å²) < 4.78 is 10.5. The Morgan fingerprint density at radius 2 is 1.94 bits per heavy atom. The summed E-state index contributed by atoms with van der Waals surface area (Å²) in [5, 5.41) is 6.30. The van der Waals surface area contributed by atoms with Crippen molar-refractivity contribution in [1.82, 2.24) is 20.6 Å². The van der Waals surface area contributed by atoms with Gasteiger partial charge in [0.05, 0.1) is 36.4 Å². The fourth-order valence-electron chi connectivity index (χ4n) is 3.37. The van der Waals surface area contributed by atoms with E-state index in [4.69, 9.17) is 9.47 Å². The lowest BCUT2D eigenvalue weighted by molar-refractivity contribution is -0.139. The number of rotatable bonds is 7. The van der Waals surface area contributed by atoms with Gasteiger partial charge < -0.3 is 25.1 Å². The van der Waals surface area contributed by atoms with Gasteiger partial charge in [-0.3, -0.25) is 0 Å². The third-order valence-corrected chi connectivity index (χ3v) is 5.72. The molecule has 9 heteroatoms. The van der Waals surface area contributed by atoms with Crippen molar-refractivity contribution in [2.75, 3.05) is 19.5 Å². The topological polar surface area (TPSA) is 105 Å². The van der Waals surface area contributed by atoms with Gasteiger partial charge in [-0.1, -0.05) is 36.0 Å². The molecular formula is C22H22N4O4S. The van der Waals surface area contributed by atoms with E-state index in [9.17, 15) is 9.59 Å². The van der Waals surface area contributed by atoms with E-state index in [1.807, 2.05) is 36.4 Å². The molecule has 1 aliphatic rings. The predicted molar refractivity (Wildman–Crippen MR) is 118 cm³/mol. The number of aromatic nitrogens is 2. The van der Waals surface area contributed by atoms with Gasteiger partial charge in [0.1, 0.15) is 5.75 Å². The minimum atomic E-state index is -0.634. The van der Waals surface area contributed by atoms with Crippen LogP contribution in [-0.4, -0.2) is 41.4 Å². The number of thioether (sulfide) groups is 1. The zero-order valence-corrected chi connectivity index (χ0v) is 17.9. The lowest BCUT2D eigenvalue weighted by Gasteiger charge is -2.29. The second-order valence-electron chi connectivity index (χ2n) is 6.77. The number of hydrogen-bond donors (Lipinski definition) is 3. The smallest absolute Gasteiger partial charge is 0.338 e. The standard InChI is InChI=1S/C22H22N4O4S/c1-3-30-20(27)18-17(12-31-22-24-15-6-4-5-7-16(15)25-22)23-21(28)26-19(18)13-8-10-14(29-2)11-9-13/h4-11,19H,3,12H2,1-2H3,(H,24,25)(H2,23,26,28). The Balaban J connectivity index is 1.66. The third kappa shape index (κ3) is 4.51. The molecule has 31 heavy (non-hydrogen) atoms. The van der Waals surface area contributed by atoms with Crippen molar-refractivity contribution >= 4 is 34.8 Å². The van der Waals surface area contributed by atoms with Gasteiger partial charge in [-0.15, -0.1) is 0 Å². The summed E-state index contributed by atoms with van der Waals surface area (Å²) in [7, 11) is 1.58. The Bertz CT molecular complexity index is 1110. The normalized spacial score (nSPS) is 16.1. The van der Waals surface area contributed by atoms with Crippen LogP contribution in [0.5, 0.6) is 5.75 Å². The van der Waals surface area contributed by atoms with Crippen LogP contribution in [0.1, 0.15) is 18.5 Å². The lowest BCUT2D eigenvalue weighted by atomic mass is 9.95. The number of fused-ring (bicyclic) bond motifs is 1. The molecule has 0 saturated carbocycles. The van der Waals surface area contributed by atoms with Gasteiger partial charge in [0.15, 0.2) is 5.16 Å². The molecule has 1 aromatic heterocycles. The van der Waals surface area contributed by atoms with Crippen molar-refractivity contribution in [2.24, 2.45) is 0 Å². The maximum absolute atomic E-state index is 12.8. The van der Waals surface area contributed by atoms with Crippen molar-refractivity contribution in [3.05, 3.63) is 65.4 Å². The molecule has 0 radical (unpaired) electrons. The first-order valence-electron chi connectivity index (χ1n) is 9.78. The second-order valence-corrected chi connectivity index (χ2v) is 7.73. The first-order chi connectivity index (χ1) is 15.1. The molecule has 0 aliphatic carbocycles. The fourth-order valence-corrected chi connectivity index (χ4v) is 4.22. The highest BCUT2D eigenvalue weighted by Gasteiger charge is 2.33. The van der Waals surface area contributed by atoms with Crippen LogP contribution in [-0.2, 0) is 9.53 Å². The van der Waals surface area contributed by atoms with Crippen molar-refractivity contribution in [3.8, 4) is 5.75 Å². The minimum absolute atomic E-state index is 0.232. The summed E-state index contributed by atoms with van der Waals surface area (Å²) in [5.74, 6) is 0.552. The van der Waals surface area contributed by atoms with Gasteiger partial charge in [-0.05, 0) is 36.8 Å². The van der Waals surface area contributed by atoms with Crippen molar-refractivity contribution in [2.45, 2.75) is 18.1 Å². The molecule has 8 nitrogen and oxygen atoms in total. The second kappa shape index (κ2) is 9.13. The Morgan fingerprint density at radius 1 is 1.16 bits per heavy atom. The molecule has 0 bridgehead atoms. The first-order valence-corrected chi connectivity index (χ1v) is 10.8. The molecule has 4 rings (SSSR count). The van der Waals surface area contributed by atoms with Crippen molar-refractivity contribution in [1.29, 1.82) is 0 Å². The zero-order chi connectivity index (χ0) is 21.8. The number of aromatic amines is 1. The summed E-state index contributed by atoms with van der Waals surface area (Å²) in [6.45, 7) is 1.98. The lowest BCUT2D eigenvalue weighted by Crippen LogP contribution is -2.46. The molecule has 1 aliphatic heterocycles. The van der Waals surface area contributed by atoms with Gasteiger partial charge in [0.25, 0.3) is 0 Å². The van der Waals surface area contributed by atoms with Gasteiger partial charge in [0, 0.05) is 11.4 Å². The Kier molecular flexibility index (Phi) is 6.13. The number of nitrogens with one attached hydrogen (secondary N) is 3. The Hall–Kier alpha value is -3.46. The maximum atomic E-state index is 12.8. The Labute approximate surface area is 183 Å². The summed E-state index contributed by atoms with van der Waals surface area (Å²) >= 11 is 1.40. The highest BCUT2D eigenvalue weighted by Crippen LogP contribution is 2.31. The summed E-state index contributed by atoms with van der Waals surface area (Å²) in [4.78, 5) is 33.0. The molecule has 1 atom stereocenters. The maximum Gasteiger partial charge on any atom is 0.338 e.